The molecule has 38 heavy (non-hydrogen) atoms. The van der Waals surface area contributed by atoms with E-state index in [0.717, 1.165) is 29.7 Å². The second kappa shape index (κ2) is 9.75. The molecule has 0 aliphatic carbocycles. The summed E-state index contributed by atoms with van der Waals surface area (Å²) in [6.07, 6.45) is 6.97. The van der Waals surface area contributed by atoms with Crippen molar-refractivity contribution in [3.05, 3.63) is 30.4 Å². The summed E-state index contributed by atoms with van der Waals surface area (Å²) >= 11 is 1.44. The van der Waals surface area contributed by atoms with Crippen LogP contribution in [0.25, 0.3) is 22.6 Å². The van der Waals surface area contributed by atoms with Crippen molar-refractivity contribution in [3.8, 4) is 23.0 Å². The number of benzene rings is 1. The van der Waals surface area contributed by atoms with Gasteiger partial charge >= 0.3 is 0 Å². The van der Waals surface area contributed by atoms with Gasteiger partial charge in [0.25, 0.3) is 0 Å². The Morgan fingerprint density at radius 3 is 2.74 bits per heavy atom. The smallest absolute Gasteiger partial charge is 0.231 e. The lowest BCUT2D eigenvalue weighted by molar-refractivity contribution is 0.174. The number of aromatic nitrogens is 5. The van der Waals surface area contributed by atoms with Crippen LogP contribution in [0.5, 0.6) is 11.5 Å². The Labute approximate surface area is 223 Å². The lowest BCUT2D eigenvalue weighted by Crippen LogP contribution is -2.27. The zero-order valence-electron chi connectivity index (χ0n) is 21.0. The average molecular weight is 558 g/mol. The first-order valence-electron chi connectivity index (χ1n) is 12.2. The molecule has 2 aliphatic heterocycles. The molecule has 3 aromatic heterocycles. The van der Waals surface area contributed by atoms with Crippen molar-refractivity contribution < 1.29 is 22.3 Å². The molecule has 6 rings (SSSR count). The van der Waals surface area contributed by atoms with Gasteiger partial charge < -0.3 is 24.2 Å². The molecule has 14 heteroatoms. The minimum atomic E-state index is -3.16. The number of oxazole rings is 1. The predicted octanol–water partition coefficient (Wildman–Crippen LogP) is 3.31. The molecular weight excluding hydrogens is 530 g/mol. The molecule has 1 saturated heterocycles. The Kier molecular flexibility index (Phi) is 6.40. The summed E-state index contributed by atoms with van der Waals surface area (Å²) in [7, 11) is -3.16. The number of nitrogens with zero attached hydrogens (tertiary/aromatic N) is 6. The van der Waals surface area contributed by atoms with Crippen LogP contribution in [-0.2, 0) is 16.6 Å². The summed E-state index contributed by atoms with van der Waals surface area (Å²) in [5.74, 6) is 3.07. The van der Waals surface area contributed by atoms with Crippen LogP contribution in [-0.4, -0.2) is 63.4 Å². The minimum absolute atomic E-state index is 0.149. The number of nitrogen functional groups attached to an aromatic ring is 1. The number of imidazole rings is 1. The first-order valence-corrected chi connectivity index (χ1v) is 14.9. The van der Waals surface area contributed by atoms with Crippen LogP contribution >= 0.6 is 11.8 Å². The molecule has 12 nitrogen and oxygen atoms in total. The van der Waals surface area contributed by atoms with Crippen LogP contribution in [0.4, 0.5) is 5.82 Å². The number of rotatable bonds is 8. The molecule has 0 amide bonds. The van der Waals surface area contributed by atoms with Gasteiger partial charge in [-0.25, -0.2) is 32.7 Å². The first-order chi connectivity index (χ1) is 18.3. The Bertz CT molecular complexity index is 1620. The minimum Gasteiger partial charge on any atom is -0.454 e. The third-order valence-corrected chi connectivity index (χ3v) is 9.09. The molecule has 1 aromatic carbocycles. The first kappa shape index (κ1) is 24.9. The van der Waals surface area contributed by atoms with Gasteiger partial charge in [-0.3, -0.25) is 0 Å². The van der Waals surface area contributed by atoms with E-state index < -0.39 is 10.0 Å². The molecule has 0 saturated carbocycles. The fourth-order valence-corrected chi connectivity index (χ4v) is 6.80. The van der Waals surface area contributed by atoms with Crippen molar-refractivity contribution in [3.63, 3.8) is 0 Å². The molecule has 0 radical (unpaired) electrons. The topological polar surface area (TPSA) is 151 Å². The van der Waals surface area contributed by atoms with Crippen molar-refractivity contribution in [2.75, 3.05) is 31.9 Å². The van der Waals surface area contributed by atoms with Gasteiger partial charge in [-0.05, 0) is 44.2 Å². The molecule has 2 N–H and O–H groups in total. The van der Waals surface area contributed by atoms with Crippen molar-refractivity contribution >= 4 is 38.8 Å². The van der Waals surface area contributed by atoms with Gasteiger partial charge in [0.2, 0.25) is 22.7 Å². The molecule has 4 aromatic rings. The zero-order valence-corrected chi connectivity index (χ0v) is 22.6. The highest BCUT2D eigenvalue weighted by atomic mass is 32.2. The molecule has 0 bridgehead atoms. The second-order valence-electron chi connectivity index (χ2n) is 9.47. The standard InChI is InChI=1S/C24H27N7O5S2/c1-14-10-26-23(36-14)16-8-17-18(35-13-34-17)9-19(16)37-24-29-20-21(25)27-12-28-22(20)31(24)6-3-4-15-5-7-30(11-15)38(2,32)33/h8-10,12,15H,3-7,11,13H2,1-2H3,(H2,25,27,28). The van der Waals surface area contributed by atoms with E-state index in [1.807, 2.05) is 23.6 Å². The van der Waals surface area contributed by atoms with Crippen molar-refractivity contribution in [1.29, 1.82) is 0 Å². The second-order valence-corrected chi connectivity index (χ2v) is 12.5. The Hall–Kier alpha value is -3.36. The molecule has 1 fully saturated rings. The van der Waals surface area contributed by atoms with Crippen LogP contribution < -0.4 is 15.2 Å². The van der Waals surface area contributed by atoms with E-state index in [1.165, 1.54) is 24.3 Å². The number of sulfonamides is 1. The van der Waals surface area contributed by atoms with E-state index in [2.05, 4.69) is 15.0 Å². The highest BCUT2D eigenvalue weighted by Gasteiger charge is 2.28. The normalized spacial score (nSPS) is 17.6. The van der Waals surface area contributed by atoms with E-state index in [4.69, 9.17) is 24.6 Å². The number of ether oxygens (including phenoxy) is 2. The SMILES string of the molecule is Cc1cnc(-c2cc3c(cc2Sc2nc4c(N)ncnc4n2CCCC2CCN(S(C)(=O)=O)C2)OCO3)o1. The maximum atomic E-state index is 11.9. The van der Waals surface area contributed by atoms with Crippen molar-refractivity contribution in [1.82, 2.24) is 28.8 Å². The number of anilines is 1. The number of aryl methyl sites for hydroxylation is 2. The average Bonchev–Trinajstić information content (AvgIpc) is 3.66. The number of hydrogen-bond donors (Lipinski definition) is 1. The van der Waals surface area contributed by atoms with Crippen LogP contribution in [0.2, 0.25) is 0 Å². The van der Waals surface area contributed by atoms with Crippen LogP contribution in [0.15, 0.2) is 39.1 Å². The molecule has 1 atom stereocenters. The molecule has 5 heterocycles. The Morgan fingerprint density at radius 1 is 1.18 bits per heavy atom. The Morgan fingerprint density at radius 2 is 2.00 bits per heavy atom. The number of hydrogen-bond acceptors (Lipinski definition) is 11. The van der Waals surface area contributed by atoms with Gasteiger partial charge in [0.15, 0.2) is 33.6 Å². The summed E-state index contributed by atoms with van der Waals surface area (Å²) in [6, 6.07) is 3.77. The summed E-state index contributed by atoms with van der Waals surface area (Å²) in [6.45, 7) is 3.78. The van der Waals surface area contributed by atoms with Gasteiger partial charge in [-0.1, -0.05) is 11.8 Å². The molecule has 200 valence electrons. The molecular formula is C24H27N7O5S2. The summed E-state index contributed by atoms with van der Waals surface area (Å²) in [5, 5.41) is 0.694. The van der Waals surface area contributed by atoms with E-state index in [1.54, 1.807) is 10.5 Å². The zero-order chi connectivity index (χ0) is 26.4. The maximum Gasteiger partial charge on any atom is 0.231 e. The highest BCUT2D eigenvalue weighted by molar-refractivity contribution is 7.99. The van der Waals surface area contributed by atoms with Gasteiger partial charge in [0.1, 0.15) is 12.1 Å². The monoisotopic (exact) mass is 557 g/mol. The fraction of sp³-hybridized carbons (Fsp3) is 0.417. The van der Waals surface area contributed by atoms with Gasteiger partial charge in [-0.2, -0.15) is 0 Å². The highest BCUT2D eigenvalue weighted by Crippen LogP contribution is 2.44. The van der Waals surface area contributed by atoms with E-state index in [0.29, 0.717) is 70.8 Å². The molecule has 2 aliphatic rings. The summed E-state index contributed by atoms with van der Waals surface area (Å²) < 4.78 is 44.4. The quantitative estimate of drug-likeness (QED) is 0.340. The fourth-order valence-electron chi connectivity index (χ4n) is 4.84. The maximum absolute atomic E-state index is 11.9. The lowest BCUT2D eigenvalue weighted by Gasteiger charge is -2.14. The van der Waals surface area contributed by atoms with Crippen LogP contribution in [0, 0.1) is 12.8 Å². The predicted molar refractivity (Wildman–Crippen MR) is 140 cm³/mol. The van der Waals surface area contributed by atoms with Gasteiger partial charge in [-0.15, -0.1) is 0 Å². The van der Waals surface area contributed by atoms with E-state index in [-0.39, 0.29) is 6.79 Å². The molecule has 0 spiro atoms. The summed E-state index contributed by atoms with van der Waals surface area (Å²) in [4.78, 5) is 18.6. The van der Waals surface area contributed by atoms with Gasteiger partial charge in [0.05, 0.1) is 18.0 Å². The van der Waals surface area contributed by atoms with E-state index in [9.17, 15) is 8.42 Å². The lowest BCUT2D eigenvalue weighted by atomic mass is 10.0. The van der Waals surface area contributed by atoms with Crippen molar-refractivity contribution in [2.45, 2.75) is 42.8 Å². The van der Waals surface area contributed by atoms with E-state index >= 15 is 0 Å². The Balaban J connectivity index is 1.30. The van der Waals surface area contributed by atoms with Crippen LogP contribution in [0.3, 0.4) is 0 Å². The van der Waals surface area contributed by atoms with Gasteiger partial charge in [0, 0.05) is 24.5 Å². The van der Waals surface area contributed by atoms with Crippen molar-refractivity contribution in [2.24, 2.45) is 5.92 Å². The van der Waals surface area contributed by atoms with Crippen LogP contribution in [0.1, 0.15) is 25.0 Å². The third kappa shape index (κ3) is 4.78. The third-order valence-electron chi connectivity index (χ3n) is 6.76. The summed E-state index contributed by atoms with van der Waals surface area (Å²) in [5.41, 5.74) is 8.10. The molecule has 1 unspecified atom stereocenters. The number of fused-ring (bicyclic) bond motifs is 2. The number of nitrogens with two attached hydrogens (primary N) is 1. The largest absolute Gasteiger partial charge is 0.454 e.